The molecule has 78 valence electrons. The average molecular weight is 232 g/mol. The Morgan fingerprint density at radius 2 is 0.786 bits per heavy atom. The first-order valence-corrected chi connectivity index (χ1v) is 4.33. The Morgan fingerprint density at radius 3 is 0.857 bits per heavy atom. The fourth-order valence-electron chi connectivity index (χ4n) is 0.385. The average Bonchev–Trinajstić information content (AvgIpc) is 2.05. The second-order valence-electron chi connectivity index (χ2n) is 1.83. The van der Waals surface area contributed by atoms with Crippen molar-refractivity contribution in [2.45, 2.75) is 0 Å². The van der Waals surface area contributed by atoms with Gasteiger partial charge < -0.3 is 11.5 Å². The summed E-state index contributed by atoms with van der Waals surface area (Å²) in [6, 6.07) is 12.0. The lowest BCUT2D eigenvalue weighted by molar-refractivity contribution is 0.266. The van der Waals surface area contributed by atoms with E-state index in [1.54, 1.807) is 0 Å². The zero-order valence-electron chi connectivity index (χ0n) is 7.33. The van der Waals surface area contributed by atoms with Crippen molar-refractivity contribution in [1.82, 2.24) is 0 Å². The Morgan fingerprint density at radius 1 is 0.714 bits per heavy atom. The molecule has 1 aromatic carbocycles. The van der Waals surface area contributed by atoms with E-state index in [2.05, 4.69) is 36.7 Å². The Bertz CT molecular complexity index is 208. The number of hydrogen-bond donors (Lipinski definition) is 4. The minimum absolute atomic E-state index is 0.639. The molecule has 0 aromatic heterocycles. The van der Waals surface area contributed by atoms with Crippen molar-refractivity contribution in [3.63, 3.8) is 0 Å². The molecule has 14 heavy (non-hydrogen) atoms. The van der Waals surface area contributed by atoms with E-state index in [4.69, 9.17) is 9.59 Å². The first kappa shape index (κ1) is 15.3. The van der Waals surface area contributed by atoms with Gasteiger partial charge in [0.05, 0.1) is 0 Å². The van der Waals surface area contributed by atoms with Crippen molar-refractivity contribution in [1.29, 1.82) is 0 Å². The molecule has 0 radical (unpaired) electrons. The van der Waals surface area contributed by atoms with Crippen LogP contribution in [0.2, 0.25) is 0 Å². The van der Waals surface area contributed by atoms with Gasteiger partial charge in [0.2, 0.25) is 0 Å². The summed E-state index contributed by atoms with van der Waals surface area (Å²) in [6.45, 7) is 0. The van der Waals surface area contributed by atoms with Gasteiger partial charge in [-0.15, -0.1) is 0 Å². The summed E-state index contributed by atoms with van der Waals surface area (Å²) >= 11 is 6.21. The van der Waals surface area contributed by atoms with Crippen molar-refractivity contribution < 1.29 is 9.59 Å². The van der Waals surface area contributed by atoms with Gasteiger partial charge in [-0.2, -0.15) is 0 Å². The third kappa shape index (κ3) is 44.7. The maximum absolute atomic E-state index is 9.09. The summed E-state index contributed by atoms with van der Waals surface area (Å²) in [4.78, 5) is 18.2. The second-order valence-corrected chi connectivity index (χ2v) is 2.71. The highest BCUT2D eigenvalue weighted by atomic mass is 32.1. The fourth-order valence-corrected chi connectivity index (χ4v) is 0.385. The summed E-state index contributed by atoms with van der Waals surface area (Å²) in [6.07, 6.45) is 0. The first-order chi connectivity index (χ1) is 6.46. The quantitative estimate of drug-likeness (QED) is 0.513. The smallest absolute Gasteiger partial charge is 0.273 e. The molecule has 0 aliphatic carbocycles. The molecule has 6 heteroatoms. The van der Waals surface area contributed by atoms with Gasteiger partial charge in [0.25, 0.3) is 10.5 Å². The summed E-state index contributed by atoms with van der Waals surface area (Å²) in [5, 5.41) is -1.28. The van der Waals surface area contributed by atoms with Crippen LogP contribution in [-0.2, 0) is 0 Å². The third-order valence-corrected chi connectivity index (χ3v) is 0.667. The van der Waals surface area contributed by atoms with Gasteiger partial charge >= 0.3 is 0 Å². The minimum Gasteiger partial charge on any atom is -0.361 e. The van der Waals surface area contributed by atoms with Crippen LogP contribution in [0.25, 0.3) is 0 Å². The van der Waals surface area contributed by atoms with Gasteiger partial charge in [-0.3, -0.25) is 9.59 Å². The Labute approximate surface area is 93.5 Å². The number of carbonyl (C=O) groups is 2. The van der Waals surface area contributed by atoms with Crippen LogP contribution in [0.3, 0.4) is 0 Å². The minimum atomic E-state index is -0.639. The van der Waals surface area contributed by atoms with E-state index >= 15 is 0 Å². The number of primary amides is 2. The van der Waals surface area contributed by atoms with Crippen LogP contribution in [0.1, 0.15) is 0 Å². The molecule has 0 aliphatic heterocycles. The molecule has 1 aromatic rings. The highest BCUT2D eigenvalue weighted by Crippen LogP contribution is 1.79. The highest BCUT2D eigenvalue weighted by Gasteiger charge is 1.63. The third-order valence-electron chi connectivity index (χ3n) is 0.667. The maximum atomic E-state index is 9.09. The van der Waals surface area contributed by atoms with Crippen LogP contribution < -0.4 is 11.5 Å². The van der Waals surface area contributed by atoms with Gasteiger partial charge in [0.15, 0.2) is 0 Å². The van der Waals surface area contributed by atoms with Gasteiger partial charge in [-0.25, -0.2) is 0 Å². The summed E-state index contributed by atoms with van der Waals surface area (Å²) in [5.41, 5.74) is 8.67. The predicted octanol–water partition coefficient (Wildman–Crippen LogP) is 1.68. The molecule has 0 saturated carbocycles. The lowest BCUT2D eigenvalue weighted by Gasteiger charge is -1.69. The molecule has 0 saturated heterocycles. The van der Waals surface area contributed by atoms with E-state index in [1.165, 1.54) is 0 Å². The number of thiol groups is 2. The molecule has 4 N–H and O–H groups in total. The van der Waals surface area contributed by atoms with E-state index in [0.29, 0.717) is 0 Å². The summed E-state index contributed by atoms with van der Waals surface area (Å²) in [7, 11) is 0. The van der Waals surface area contributed by atoms with E-state index in [9.17, 15) is 0 Å². The van der Waals surface area contributed by atoms with E-state index in [1.807, 2.05) is 36.4 Å². The standard InChI is InChI=1S/C6H6.2CH3NOS/c1-2-4-6-5-3-1;2*2-1(3)4/h1-6H;2*(H3,2,3,4). The van der Waals surface area contributed by atoms with Crippen molar-refractivity contribution in [3.05, 3.63) is 36.4 Å². The van der Waals surface area contributed by atoms with Crippen LogP contribution in [0.15, 0.2) is 36.4 Å². The molecule has 0 aliphatic rings. The summed E-state index contributed by atoms with van der Waals surface area (Å²) in [5.74, 6) is 0. The molecule has 2 amide bonds. The Hall–Kier alpha value is -1.14. The van der Waals surface area contributed by atoms with Crippen LogP contribution in [0, 0.1) is 0 Å². The van der Waals surface area contributed by atoms with Crippen molar-refractivity contribution in [3.8, 4) is 0 Å². The molecular formula is C8H12N2O2S2. The maximum Gasteiger partial charge on any atom is 0.273 e. The van der Waals surface area contributed by atoms with E-state index in [0.717, 1.165) is 0 Å². The lowest BCUT2D eigenvalue weighted by Crippen LogP contribution is -1.95. The largest absolute Gasteiger partial charge is 0.361 e. The van der Waals surface area contributed by atoms with Crippen LogP contribution in [0.4, 0.5) is 9.59 Å². The predicted molar refractivity (Wildman–Crippen MR) is 63.6 cm³/mol. The highest BCUT2D eigenvalue weighted by molar-refractivity contribution is 7.96. The zero-order valence-corrected chi connectivity index (χ0v) is 9.12. The molecule has 0 bridgehead atoms. The number of amides is 2. The van der Waals surface area contributed by atoms with Gasteiger partial charge in [0, 0.05) is 0 Å². The normalized spacial score (nSPS) is 7.00. The Balaban J connectivity index is 0. The number of carbonyl (C=O) groups excluding carboxylic acids is 2. The zero-order chi connectivity index (χ0) is 11.4. The van der Waals surface area contributed by atoms with Crippen molar-refractivity contribution >= 4 is 35.7 Å². The fraction of sp³-hybridized carbons (Fsp3) is 0. The van der Waals surface area contributed by atoms with E-state index < -0.39 is 10.5 Å². The van der Waals surface area contributed by atoms with Crippen molar-refractivity contribution in [2.24, 2.45) is 11.5 Å². The van der Waals surface area contributed by atoms with Crippen LogP contribution in [-0.4, -0.2) is 10.5 Å². The molecule has 0 unspecified atom stereocenters. The van der Waals surface area contributed by atoms with Gasteiger partial charge in [0.1, 0.15) is 0 Å². The molecule has 0 fully saturated rings. The summed E-state index contributed by atoms with van der Waals surface area (Å²) < 4.78 is 0. The van der Waals surface area contributed by atoms with E-state index in [-0.39, 0.29) is 0 Å². The van der Waals surface area contributed by atoms with Gasteiger partial charge in [-0.1, -0.05) is 61.7 Å². The number of benzene rings is 1. The number of rotatable bonds is 0. The lowest BCUT2D eigenvalue weighted by atomic mass is 10.4. The number of hydrogen-bond acceptors (Lipinski definition) is 2. The monoisotopic (exact) mass is 232 g/mol. The number of nitrogens with two attached hydrogens (primary N) is 2. The first-order valence-electron chi connectivity index (χ1n) is 3.43. The second kappa shape index (κ2) is 11.9. The SMILES string of the molecule is NC(=O)S.NC(=O)S.c1ccccc1. The molecule has 1 rings (SSSR count). The van der Waals surface area contributed by atoms with Crippen LogP contribution in [0.5, 0.6) is 0 Å². The molecule has 0 atom stereocenters. The molecule has 0 heterocycles. The molecule has 0 spiro atoms. The topological polar surface area (TPSA) is 86.2 Å². The Kier molecular flexibility index (Phi) is 13.0. The van der Waals surface area contributed by atoms with Gasteiger partial charge in [-0.05, 0) is 0 Å². The molecule has 4 nitrogen and oxygen atoms in total. The van der Waals surface area contributed by atoms with Crippen molar-refractivity contribution in [2.75, 3.05) is 0 Å². The molecular weight excluding hydrogens is 220 g/mol. The van der Waals surface area contributed by atoms with Crippen LogP contribution >= 0.6 is 25.3 Å².